The maximum atomic E-state index is 13.3. The van der Waals surface area contributed by atoms with Gasteiger partial charge in [0, 0.05) is 13.1 Å². The summed E-state index contributed by atoms with van der Waals surface area (Å²) in [6.07, 6.45) is 4.86. The molecular weight excluding hydrogens is 460 g/mol. The van der Waals surface area contributed by atoms with Crippen molar-refractivity contribution in [3.63, 3.8) is 0 Å². The average Bonchev–Trinajstić information content (AvgIpc) is 2.83. The predicted octanol–water partition coefficient (Wildman–Crippen LogP) is 3.61. The van der Waals surface area contributed by atoms with E-state index in [9.17, 15) is 18.0 Å². The number of amides is 1. The Kier molecular flexibility index (Phi) is 7.16. The number of aromatic amines is 1. The molecule has 0 bridgehead atoms. The number of aromatic nitrogens is 2. The molecule has 174 valence electrons. The van der Waals surface area contributed by atoms with E-state index in [4.69, 9.17) is 0 Å². The van der Waals surface area contributed by atoms with E-state index in [-0.39, 0.29) is 27.9 Å². The molecule has 4 rings (SSSR count). The number of nitrogens with zero attached hydrogens (tertiary/aromatic N) is 2. The highest BCUT2D eigenvalue weighted by Gasteiger charge is 2.31. The molecule has 10 heteroatoms. The maximum absolute atomic E-state index is 13.3. The molecule has 0 aliphatic heterocycles. The van der Waals surface area contributed by atoms with Crippen LogP contribution in [0.1, 0.15) is 32.1 Å². The fourth-order valence-corrected chi connectivity index (χ4v) is 6.27. The Morgan fingerprint density at radius 1 is 1.12 bits per heavy atom. The van der Waals surface area contributed by atoms with Crippen LogP contribution in [-0.2, 0) is 14.8 Å². The molecule has 2 aromatic carbocycles. The van der Waals surface area contributed by atoms with Gasteiger partial charge in [-0.1, -0.05) is 55.3 Å². The van der Waals surface area contributed by atoms with Crippen LogP contribution >= 0.6 is 11.8 Å². The van der Waals surface area contributed by atoms with E-state index in [2.05, 4.69) is 15.3 Å². The van der Waals surface area contributed by atoms with Gasteiger partial charge in [0.05, 0.1) is 22.3 Å². The molecule has 33 heavy (non-hydrogen) atoms. The molecule has 0 atom stereocenters. The fraction of sp³-hybridized carbons (Fsp3) is 0.348. The maximum Gasteiger partial charge on any atom is 0.259 e. The van der Waals surface area contributed by atoms with Gasteiger partial charge in [-0.15, -0.1) is 0 Å². The summed E-state index contributed by atoms with van der Waals surface area (Å²) in [7, 11) is -2.15. The van der Waals surface area contributed by atoms with Gasteiger partial charge in [0.25, 0.3) is 5.56 Å². The van der Waals surface area contributed by atoms with Crippen molar-refractivity contribution in [2.24, 2.45) is 0 Å². The Bertz CT molecular complexity index is 1320. The number of carbonyl (C=O) groups is 1. The summed E-state index contributed by atoms with van der Waals surface area (Å²) in [5, 5.41) is 3.52. The summed E-state index contributed by atoms with van der Waals surface area (Å²) in [6, 6.07) is 13.4. The van der Waals surface area contributed by atoms with Crippen molar-refractivity contribution < 1.29 is 13.2 Å². The molecule has 0 saturated heterocycles. The van der Waals surface area contributed by atoms with Crippen LogP contribution in [0.3, 0.4) is 0 Å². The van der Waals surface area contributed by atoms with Crippen LogP contribution < -0.4 is 10.9 Å². The van der Waals surface area contributed by atoms with Crippen molar-refractivity contribution in [1.29, 1.82) is 0 Å². The quantitative estimate of drug-likeness (QED) is 0.390. The number of anilines is 1. The summed E-state index contributed by atoms with van der Waals surface area (Å²) in [5.74, 6) is -0.424. The molecule has 1 saturated carbocycles. The lowest BCUT2D eigenvalue weighted by Crippen LogP contribution is -2.38. The lowest BCUT2D eigenvalue weighted by Gasteiger charge is -2.30. The van der Waals surface area contributed by atoms with Gasteiger partial charge in [-0.25, -0.2) is 13.4 Å². The van der Waals surface area contributed by atoms with Crippen LogP contribution in [-0.4, -0.2) is 47.4 Å². The van der Waals surface area contributed by atoms with Crippen molar-refractivity contribution in [3.05, 3.63) is 58.9 Å². The molecule has 1 aromatic heterocycles. The lowest BCUT2D eigenvalue weighted by molar-refractivity contribution is -0.113. The number of nitrogens with one attached hydrogen (secondary N) is 2. The van der Waals surface area contributed by atoms with Gasteiger partial charge in [0.2, 0.25) is 15.9 Å². The van der Waals surface area contributed by atoms with Gasteiger partial charge in [-0.3, -0.25) is 9.59 Å². The number of benzene rings is 2. The van der Waals surface area contributed by atoms with Gasteiger partial charge >= 0.3 is 0 Å². The Balaban J connectivity index is 1.47. The van der Waals surface area contributed by atoms with Gasteiger partial charge in [-0.05, 0) is 37.1 Å². The van der Waals surface area contributed by atoms with Crippen molar-refractivity contribution in [2.75, 3.05) is 18.1 Å². The number of rotatable bonds is 7. The molecule has 1 aliphatic rings. The van der Waals surface area contributed by atoms with Crippen LogP contribution in [0.15, 0.2) is 63.4 Å². The molecule has 0 spiro atoms. The van der Waals surface area contributed by atoms with Crippen molar-refractivity contribution >= 4 is 44.3 Å². The standard InChI is InChI=1S/C23H26N4O4S2/c1-27(16-9-3-2-4-10-16)33(30,31)20-14-8-7-13-19(20)24-21(28)15-32-23-25-18-12-6-5-11-17(18)22(29)26-23/h5-8,11-14,16H,2-4,9-10,15H2,1H3,(H,24,28)(H,25,26,29). The number of hydrogen-bond donors (Lipinski definition) is 2. The summed E-state index contributed by atoms with van der Waals surface area (Å²) in [4.78, 5) is 31.9. The highest BCUT2D eigenvalue weighted by atomic mass is 32.2. The van der Waals surface area contributed by atoms with Gasteiger partial charge < -0.3 is 10.3 Å². The van der Waals surface area contributed by atoms with E-state index in [0.29, 0.717) is 16.1 Å². The van der Waals surface area contributed by atoms with Gasteiger partial charge in [0.15, 0.2) is 5.16 Å². The molecule has 2 N–H and O–H groups in total. The molecule has 0 unspecified atom stereocenters. The number of para-hydroxylation sites is 2. The first kappa shape index (κ1) is 23.5. The topological polar surface area (TPSA) is 112 Å². The Morgan fingerprint density at radius 2 is 1.82 bits per heavy atom. The van der Waals surface area contributed by atoms with E-state index < -0.39 is 15.9 Å². The number of fused-ring (bicyclic) bond motifs is 1. The highest BCUT2D eigenvalue weighted by molar-refractivity contribution is 7.99. The first-order chi connectivity index (χ1) is 15.9. The first-order valence-electron chi connectivity index (χ1n) is 10.8. The zero-order chi connectivity index (χ0) is 23.4. The number of H-pyrrole nitrogens is 1. The zero-order valence-electron chi connectivity index (χ0n) is 18.3. The van der Waals surface area contributed by atoms with Gasteiger partial charge in [0.1, 0.15) is 4.90 Å². The molecule has 1 aliphatic carbocycles. The molecule has 0 radical (unpaired) electrons. The Labute approximate surface area is 196 Å². The smallest absolute Gasteiger partial charge is 0.259 e. The fourth-order valence-electron chi connectivity index (χ4n) is 4.04. The van der Waals surface area contributed by atoms with Crippen molar-refractivity contribution in [3.8, 4) is 0 Å². The van der Waals surface area contributed by atoms with E-state index in [1.807, 2.05) is 0 Å². The minimum absolute atomic E-state index is 0.0288. The molecule has 1 fully saturated rings. The SMILES string of the molecule is CN(C1CCCCC1)S(=O)(=O)c1ccccc1NC(=O)CSc1nc2ccccc2c(=O)[nH]1. The summed E-state index contributed by atoms with van der Waals surface area (Å²) < 4.78 is 28.0. The summed E-state index contributed by atoms with van der Waals surface area (Å²) in [5.41, 5.74) is 0.516. The first-order valence-corrected chi connectivity index (χ1v) is 13.3. The van der Waals surface area contributed by atoms with Crippen LogP contribution in [0.4, 0.5) is 5.69 Å². The number of hydrogen-bond acceptors (Lipinski definition) is 6. The Morgan fingerprint density at radius 3 is 2.61 bits per heavy atom. The summed E-state index contributed by atoms with van der Waals surface area (Å²) >= 11 is 1.08. The third-order valence-electron chi connectivity index (χ3n) is 5.84. The third-order valence-corrected chi connectivity index (χ3v) is 8.68. The second kappa shape index (κ2) is 10.1. The normalized spacial score (nSPS) is 15.1. The second-order valence-electron chi connectivity index (χ2n) is 8.03. The minimum atomic E-state index is -3.76. The van der Waals surface area contributed by atoms with Crippen LogP contribution in [0.25, 0.3) is 10.9 Å². The largest absolute Gasteiger partial charge is 0.324 e. The second-order valence-corrected chi connectivity index (χ2v) is 11.0. The predicted molar refractivity (Wildman–Crippen MR) is 130 cm³/mol. The third kappa shape index (κ3) is 5.29. The summed E-state index contributed by atoms with van der Waals surface area (Å²) in [6.45, 7) is 0. The van der Waals surface area contributed by atoms with Crippen molar-refractivity contribution in [2.45, 2.75) is 48.2 Å². The molecular formula is C23H26N4O4S2. The zero-order valence-corrected chi connectivity index (χ0v) is 19.9. The van der Waals surface area contributed by atoms with Crippen molar-refractivity contribution in [1.82, 2.24) is 14.3 Å². The molecule has 1 heterocycles. The number of thioether (sulfide) groups is 1. The monoisotopic (exact) mass is 486 g/mol. The van der Waals surface area contributed by atoms with E-state index >= 15 is 0 Å². The van der Waals surface area contributed by atoms with Gasteiger partial charge in [-0.2, -0.15) is 4.31 Å². The molecule has 8 nitrogen and oxygen atoms in total. The average molecular weight is 487 g/mol. The van der Waals surface area contributed by atoms with E-state index in [0.717, 1.165) is 43.9 Å². The number of carbonyl (C=O) groups excluding carboxylic acids is 1. The van der Waals surface area contributed by atoms with Crippen LogP contribution in [0.2, 0.25) is 0 Å². The molecule has 1 amide bonds. The lowest BCUT2D eigenvalue weighted by atomic mass is 9.96. The Hall–Kier alpha value is -2.69. The van der Waals surface area contributed by atoms with E-state index in [1.54, 1.807) is 49.5 Å². The van der Waals surface area contributed by atoms with Crippen LogP contribution in [0.5, 0.6) is 0 Å². The van der Waals surface area contributed by atoms with Crippen LogP contribution in [0, 0.1) is 0 Å². The molecule has 3 aromatic rings. The minimum Gasteiger partial charge on any atom is -0.324 e. The highest BCUT2D eigenvalue weighted by Crippen LogP contribution is 2.30. The number of sulfonamides is 1. The van der Waals surface area contributed by atoms with E-state index in [1.165, 1.54) is 10.4 Å².